The second kappa shape index (κ2) is 5.63. The summed E-state index contributed by atoms with van der Waals surface area (Å²) < 4.78 is 5.63. The quantitative estimate of drug-likeness (QED) is 0.929. The van der Waals surface area contributed by atoms with Crippen LogP contribution in [0.3, 0.4) is 0 Å². The summed E-state index contributed by atoms with van der Waals surface area (Å²) >= 11 is 0. The van der Waals surface area contributed by atoms with Crippen LogP contribution in [-0.4, -0.2) is 46.6 Å². The lowest BCUT2D eigenvalue weighted by Gasteiger charge is -2.23. The van der Waals surface area contributed by atoms with Gasteiger partial charge in [-0.15, -0.1) is 0 Å². The molecule has 0 radical (unpaired) electrons. The largest absolute Gasteiger partial charge is 0.376 e. The number of hydrogen-bond donors (Lipinski definition) is 1. The Hall–Kier alpha value is -1.88. The van der Waals surface area contributed by atoms with Crippen molar-refractivity contribution >= 4 is 16.9 Å². The summed E-state index contributed by atoms with van der Waals surface area (Å²) in [6, 6.07) is 3.77. The van der Waals surface area contributed by atoms with E-state index in [1.165, 1.54) is 0 Å². The number of nitrogens with zero attached hydrogens (tertiary/aromatic N) is 2. The van der Waals surface area contributed by atoms with Crippen molar-refractivity contribution in [2.24, 2.45) is 0 Å². The number of amides is 1. The monoisotopic (exact) mass is 273 g/mol. The molecular weight excluding hydrogens is 254 g/mol. The molecule has 1 N–H and O–H groups in total. The van der Waals surface area contributed by atoms with Crippen LogP contribution in [-0.2, 0) is 4.74 Å². The molecule has 1 atom stereocenters. The third kappa shape index (κ3) is 2.41. The van der Waals surface area contributed by atoms with Gasteiger partial charge < -0.3 is 14.6 Å². The van der Waals surface area contributed by atoms with Crippen molar-refractivity contribution in [1.82, 2.24) is 14.9 Å². The van der Waals surface area contributed by atoms with Crippen LogP contribution in [0.5, 0.6) is 0 Å². The number of carbonyl (C=O) groups excluding carboxylic acids is 1. The Kier molecular flexibility index (Phi) is 3.69. The van der Waals surface area contributed by atoms with Gasteiger partial charge in [-0.3, -0.25) is 4.79 Å². The first kappa shape index (κ1) is 13.1. The average Bonchev–Trinajstić information content (AvgIpc) is 3.13. The normalized spacial score (nSPS) is 18.6. The van der Waals surface area contributed by atoms with Crippen LogP contribution < -0.4 is 0 Å². The van der Waals surface area contributed by atoms with Crippen LogP contribution in [0.15, 0.2) is 24.5 Å². The number of aromatic amines is 1. The molecule has 3 rings (SSSR count). The van der Waals surface area contributed by atoms with Crippen LogP contribution in [0.4, 0.5) is 0 Å². The van der Waals surface area contributed by atoms with Gasteiger partial charge in [0.2, 0.25) is 0 Å². The molecule has 0 unspecified atom stereocenters. The molecule has 0 saturated carbocycles. The van der Waals surface area contributed by atoms with Crippen molar-refractivity contribution in [3.05, 3.63) is 30.1 Å². The highest BCUT2D eigenvalue weighted by atomic mass is 16.5. The summed E-state index contributed by atoms with van der Waals surface area (Å²) in [4.78, 5) is 21.8. The van der Waals surface area contributed by atoms with E-state index >= 15 is 0 Å². The first-order valence-electron chi connectivity index (χ1n) is 7.12. The van der Waals surface area contributed by atoms with Crippen LogP contribution >= 0.6 is 0 Å². The zero-order chi connectivity index (χ0) is 13.9. The minimum Gasteiger partial charge on any atom is -0.376 e. The van der Waals surface area contributed by atoms with Gasteiger partial charge in [0.25, 0.3) is 5.91 Å². The highest BCUT2D eigenvalue weighted by Crippen LogP contribution is 2.19. The van der Waals surface area contributed by atoms with E-state index in [0.717, 1.165) is 30.5 Å². The van der Waals surface area contributed by atoms with E-state index in [-0.39, 0.29) is 12.0 Å². The third-order valence-electron chi connectivity index (χ3n) is 3.80. The highest BCUT2D eigenvalue weighted by Gasteiger charge is 2.23. The fourth-order valence-corrected chi connectivity index (χ4v) is 2.69. The number of nitrogens with one attached hydrogen (secondary N) is 1. The van der Waals surface area contributed by atoms with E-state index in [2.05, 4.69) is 9.97 Å². The van der Waals surface area contributed by atoms with Crippen LogP contribution in [0.1, 0.15) is 30.1 Å². The number of carbonyl (C=O) groups is 1. The lowest BCUT2D eigenvalue weighted by Crippen LogP contribution is -2.37. The number of H-pyrrole nitrogens is 1. The molecule has 5 nitrogen and oxygen atoms in total. The molecule has 20 heavy (non-hydrogen) atoms. The van der Waals surface area contributed by atoms with Gasteiger partial charge in [-0.2, -0.15) is 0 Å². The molecule has 106 valence electrons. The molecule has 1 saturated heterocycles. The van der Waals surface area contributed by atoms with Crippen molar-refractivity contribution < 1.29 is 9.53 Å². The Labute approximate surface area is 117 Å². The van der Waals surface area contributed by atoms with Crippen molar-refractivity contribution in [2.45, 2.75) is 25.9 Å². The Morgan fingerprint density at radius 3 is 3.25 bits per heavy atom. The maximum atomic E-state index is 12.7. The molecule has 0 bridgehead atoms. The first-order valence-corrected chi connectivity index (χ1v) is 7.12. The standard InChI is InChI=1S/C15H19N3O2/c1-2-18(10-11-5-4-8-20-11)15(19)13-9-17-14-12(13)6-3-7-16-14/h3,6-7,9,11H,2,4-5,8,10H2,1H3,(H,16,17)/t11-/m1/s1. The molecule has 1 fully saturated rings. The molecule has 5 heteroatoms. The number of likely N-dealkylation sites (N-methyl/N-ethyl adjacent to an activating group) is 1. The Bertz CT molecular complexity index is 602. The van der Waals surface area contributed by atoms with Gasteiger partial charge in [0.15, 0.2) is 0 Å². The second-order valence-electron chi connectivity index (χ2n) is 5.08. The van der Waals surface area contributed by atoms with Gasteiger partial charge in [-0.1, -0.05) is 0 Å². The fraction of sp³-hybridized carbons (Fsp3) is 0.467. The first-order chi connectivity index (χ1) is 9.79. The molecule has 0 aromatic carbocycles. The minimum atomic E-state index is 0.0438. The van der Waals surface area contributed by atoms with Gasteiger partial charge in [0, 0.05) is 37.5 Å². The summed E-state index contributed by atoms with van der Waals surface area (Å²) in [7, 11) is 0. The zero-order valence-corrected chi connectivity index (χ0v) is 11.6. The SMILES string of the molecule is CCN(C[C@H]1CCCO1)C(=O)c1c[nH]c2ncccc12. The lowest BCUT2D eigenvalue weighted by atomic mass is 10.1. The number of rotatable bonds is 4. The van der Waals surface area contributed by atoms with Gasteiger partial charge in [-0.25, -0.2) is 4.98 Å². The summed E-state index contributed by atoms with van der Waals surface area (Å²) in [5.41, 5.74) is 1.44. The molecule has 2 aromatic heterocycles. The molecule has 1 aliphatic rings. The number of ether oxygens (including phenoxy) is 1. The number of pyridine rings is 1. The van der Waals surface area contributed by atoms with Gasteiger partial charge in [0.1, 0.15) is 5.65 Å². The summed E-state index contributed by atoms with van der Waals surface area (Å²) in [6.07, 6.45) is 5.78. The lowest BCUT2D eigenvalue weighted by molar-refractivity contribution is 0.0540. The third-order valence-corrected chi connectivity index (χ3v) is 3.80. The Balaban J connectivity index is 1.82. The molecular formula is C15H19N3O2. The van der Waals surface area contributed by atoms with E-state index in [4.69, 9.17) is 4.74 Å². The molecule has 0 spiro atoms. The van der Waals surface area contributed by atoms with Gasteiger partial charge in [0.05, 0.1) is 11.7 Å². The van der Waals surface area contributed by atoms with Crippen LogP contribution in [0.2, 0.25) is 0 Å². The van der Waals surface area contributed by atoms with Crippen LogP contribution in [0.25, 0.3) is 11.0 Å². The topological polar surface area (TPSA) is 58.2 Å². The smallest absolute Gasteiger partial charge is 0.256 e. The fourth-order valence-electron chi connectivity index (χ4n) is 2.69. The number of hydrogen-bond acceptors (Lipinski definition) is 3. The van der Waals surface area contributed by atoms with E-state index in [9.17, 15) is 4.79 Å². The molecule has 1 amide bonds. The van der Waals surface area contributed by atoms with E-state index < -0.39 is 0 Å². The van der Waals surface area contributed by atoms with E-state index in [1.54, 1.807) is 12.4 Å². The predicted molar refractivity (Wildman–Crippen MR) is 76.6 cm³/mol. The van der Waals surface area contributed by atoms with Crippen molar-refractivity contribution in [1.29, 1.82) is 0 Å². The maximum Gasteiger partial charge on any atom is 0.256 e. The number of aromatic nitrogens is 2. The van der Waals surface area contributed by atoms with Gasteiger partial charge in [-0.05, 0) is 31.9 Å². The minimum absolute atomic E-state index is 0.0438. The average molecular weight is 273 g/mol. The summed E-state index contributed by atoms with van der Waals surface area (Å²) in [5, 5.41) is 0.878. The second-order valence-corrected chi connectivity index (χ2v) is 5.08. The van der Waals surface area contributed by atoms with Gasteiger partial charge >= 0.3 is 0 Å². The Morgan fingerprint density at radius 2 is 2.50 bits per heavy atom. The van der Waals surface area contributed by atoms with Crippen molar-refractivity contribution in [3.63, 3.8) is 0 Å². The predicted octanol–water partition coefficient (Wildman–Crippen LogP) is 2.20. The summed E-state index contributed by atoms with van der Waals surface area (Å²) in [6.45, 7) is 4.17. The molecule has 2 aromatic rings. The van der Waals surface area contributed by atoms with Crippen molar-refractivity contribution in [3.8, 4) is 0 Å². The van der Waals surface area contributed by atoms with Crippen LogP contribution in [0, 0.1) is 0 Å². The molecule has 0 aliphatic carbocycles. The zero-order valence-electron chi connectivity index (χ0n) is 11.6. The van der Waals surface area contributed by atoms with E-state index in [0.29, 0.717) is 18.7 Å². The Morgan fingerprint density at radius 1 is 1.60 bits per heavy atom. The number of fused-ring (bicyclic) bond motifs is 1. The molecule has 3 heterocycles. The van der Waals surface area contributed by atoms with E-state index in [1.807, 2.05) is 24.0 Å². The summed E-state index contributed by atoms with van der Waals surface area (Å²) in [5.74, 6) is 0.0438. The molecule has 1 aliphatic heterocycles. The van der Waals surface area contributed by atoms with Crippen molar-refractivity contribution in [2.75, 3.05) is 19.7 Å². The maximum absolute atomic E-state index is 12.7. The highest BCUT2D eigenvalue weighted by molar-refractivity contribution is 6.05.